The summed E-state index contributed by atoms with van der Waals surface area (Å²) in [6.45, 7) is 4.46. The molecule has 2 N–H and O–H groups in total. The van der Waals surface area contributed by atoms with E-state index < -0.39 is 5.91 Å². The molecule has 0 atom stereocenters. The summed E-state index contributed by atoms with van der Waals surface area (Å²) in [6.07, 6.45) is 1.65. The van der Waals surface area contributed by atoms with Crippen LogP contribution in [0.1, 0.15) is 13.8 Å². The van der Waals surface area contributed by atoms with E-state index >= 15 is 0 Å². The molecule has 4 heteroatoms. The van der Waals surface area contributed by atoms with E-state index in [4.69, 9.17) is 10.5 Å². The Morgan fingerprint density at radius 1 is 1.82 bits per heavy atom. The Bertz CT molecular complexity index is 199. The van der Waals surface area contributed by atoms with Gasteiger partial charge in [-0.05, 0) is 13.8 Å². The van der Waals surface area contributed by atoms with E-state index in [1.165, 1.54) is 0 Å². The highest BCUT2D eigenvalue weighted by molar-refractivity contribution is 5.89. The maximum atomic E-state index is 10.6. The van der Waals surface area contributed by atoms with E-state index in [0.717, 1.165) is 0 Å². The molecule has 0 saturated heterocycles. The molecule has 1 heterocycles. The van der Waals surface area contributed by atoms with Gasteiger partial charge in [0.15, 0.2) is 6.73 Å². The summed E-state index contributed by atoms with van der Waals surface area (Å²) in [5.41, 5.74) is 5.00. The molecular weight excluding hydrogens is 144 g/mol. The van der Waals surface area contributed by atoms with Crippen molar-refractivity contribution < 1.29 is 9.53 Å². The number of nitrogens with zero attached hydrogens (tertiary/aromatic N) is 1. The van der Waals surface area contributed by atoms with Gasteiger partial charge in [-0.25, -0.2) is 0 Å². The lowest BCUT2D eigenvalue weighted by molar-refractivity contribution is -0.117. The summed E-state index contributed by atoms with van der Waals surface area (Å²) < 4.78 is 5.00. The summed E-state index contributed by atoms with van der Waals surface area (Å²) in [5, 5.41) is 0. The topological polar surface area (TPSA) is 55.6 Å². The van der Waals surface area contributed by atoms with Crippen molar-refractivity contribution in [3.8, 4) is 0 Å². The van der Waals surface area contributed by atoms with Gasteiger partial charge in [-0.1, -0.05) is 0 Å². The quantitative estimate of drug-likeness (QED) is 0.612. The van der Waals surface area contributed by atoms with Crippen molar-refractivity contribution in [1.29, 1.82) is 0 Å². The van der Waals surface area contributed by atoms with Crippen LogP contribution in [0.15, 0.2) is 12.0 Å². The molecule has 1 aliphatic rings. The van der Waals surface area contributed by atoms with Crippen molar-refractivity contribution in [2.45, 2.75) is 19.9 Å². The molecule has 0 aromatic carbocycles. The number of amides is 1. The van der Waals surface area contributed by atoms with Crippen molar-refractivity contribution in [3.05, 3.63) is 12.0 Å². The fourth-order valence-electron chi connectivity index (χ4n) is 0.802. The number of carbonyl (C=O) groups is 1. The maximum Gasteiger partial charge on any atom is 0.285 e. The Balaban J connectivity index is 2.61. The fourth-order valence-corrected chi connectivity index (χ4v) is 0.802. The Hall–Kier alpha value is -1.19. The minimum absolute atomic E-state index is 0.249. The van der Waals surface area contributed by atoms with Gasteiger partial charge in [0.05, 0.1) is 6.20 Å². The standard InChI is InChI=1S/C7H12N2O2/c1-5(2)9-3-6(7(8)10)11-4-9/h3,5H,4H2,1-2H3,(H2,8,10). The van der Waals surface area contributed by atoms with Crippen LogP contribution in [0.25, 0.3) is 0 Å². The van der Waals surface area contributed by atoms with Crippen molar-refractivity contribution in [2.75, 3.05) is 6.73 Å². The third-order valence-corrected chi connectivity index (χ3v) is 1.56. The highest BCUT2D eigenvalue weighted by Crippen LogP contribution is 2.12. The van der Waals surface area contributed by atoms with E-state index in [1.807, 2.05) is 18.7 Å². The number of hydrogen-bond donors (Lipinski definition) is 1. The van der Waals surface area contributed by atoms with Crippen molar-refractivity contribution in [2.24, 2.45) is 5.73 Å². The number of ether oxygens (including phenoxy) is 1. The van der Waals surface area contributed by atoms with Crippen molar-refractivity contribution >= 4 is 5.91 Å². The summed E-state index contributed by atoms with van der Waals surface area (Å²) in [5.74, 6) is -0.258. The van der Waals surface area contributed by atoms with E-state index in [0.29, 0.717) is 12.8 Å². The SMILES string of the molecule is CC(C)N1C=C(C(N)=O)OC1. The second-order valence-electron chi connectivity index (χ2n) is 2.74. The smallest absolute Gasteiger partial charge is 0.285 e. The third kappa shape index (κ3) is 1.63. The first-order chi connectivity index (χ1) is 5.11. The predicted octanol–water partition coefficient (Wildman–Crippen LogP) is 0.0112. The molecule has 11 heavy (non-hydrogen) atoms. The molecule has 1 aliphatic heterocycles. The lowest BCUT2D eigenvalue weighted by atomic mass is 10.3. The van der Waals surface area contributed by atoms with Crippen LogP contribution in [0.2, 0.25) is 0 Å². The minimum atomic E-state index is -0.506. The molecule has 0 radical (unpaired) electrons. The first kappa shape index (κ1) is 7.91. The number of nitrogens with two attached hydrogens (primary N) is 1. The third-order valence-electron chi connectivity index (χ3n) is 1.56. The monoisotopic (exact) mass is 156 g/mol. The van der Waals surface area contributed by atoms with Crippen LogP contribution in [-0.4, -0.2) is 23.6 Å². The zero-order valence-corrected chi connectivity index (χ0v) is 6.70. The average Bonchev–Trinajstić information content (AvgIpc) is 2.33. The van der Waals surface area contributed by atoms with Gasteiger partial charge in [0.1, 0.15) is 0 Å². The molecular formula is C7H12N2O2. The summed E-state index contributed by atoms with van der Waals surface area (Å²) in [4.78, 5) is 12.5. The van der Waals surface area contributed by atoms with Gasteiger partial charge in [0.2, 0.25) is 5.76 Å². The van der Waals surface area contributed by atoms with E-state index in [-0.39, 0.29) is 5.76 Å². The van der Waals surface area contributed by atoms with Crippen molar-refractivity contribution in [3.63, 3.8) is 0 Å². The fraction of sp³-hybridized carbons (Fsp3) is 0.571. The lowest BCUT2D eigenvalue weighted by Crippen LogP contribution is -2.23. The molecule has 0 aliphatic carbocycles. The number of hydrogen-bond acceptors (Lipinski definition) is 3. The first-order valence-corrected chi connectivity index (χ1v) is 3.51. The van der Waals surface area contributed by atoms with E-state index in [1.54, 1.807) is 6.20 Å². The van der Waals surface area contributed by atoms with Crippen LogP contribution >= 0.6 is 0 Å². The van der Waals surface area contributed by atoms with Crippen LogP contribution in [0.4, 0.5) is 0 Å². The average molecular weight is 156 g/mol. The Morgan fingerprint density at radius 3 is 2.73 bits per heavy atom. The van der Waals surface area contributed by atoms with Crippen LogP contribution in [0, 0.1) is 0 Å². The van der Waals surface area contributed by atoms with Gasteiger partial charge in [-0.2, -0.15) is 0 Å². The lowest BCUT2D eigenvalue weighted by Gasteiger charge is -2.17. The summed E-state index contributed by atoms with van der Waals surface area (Å²) >= 11 is 0. The highest BCUT2D eigenvalue weighted by atomic mass is 16.5. The minimum Gasteiger partial charge on any atom is -0.466 e. The molecule has 0 unspecified atom stereocenters. The summed E-state index contributed by atoms with van der Waals surface area (Å²) in [6, 6.07) is 0.340. The number of rotatable bonds is 2. The van der Waals surface area contributed by atoms with Gasteiger partial charge < -0.3 is 15.4 Å². The largest absolute Gasteiger partial charge is 0.466 e. The molecule has 0 spiro atoms. The molecule has 0 aromatic rings. The van der Waals surface area contributed by atoms with Crippen molar-refractivity contribution in [1.82, 2.24) is 4.90 Å². The molecule has 0 saturated carbocycles. The molecule has 0 bridgehead atoms. The van der Waals surface area contributed by atoms with Gasteiger partial charge >= 0.3 is 0 Å². The highest BCUT2D eigenvalue weighted by Gasteiger charge is 2.18. The normalized spacial score (nSPS) is 16.6. The van der Waals surface area contributed by atoms with Crippen LogP contribution < -0.4 is 5.73 Å². The van der Waals surface area contributed by atoms with Gasteiger partial charge in [0, 0.05) is 6.04 Å². The van der Waals surface area contributed by atoms with Crippen LogP contribution in [0.3, 0.4) is 0 Å². The second kappa shape index (κ2) is 2.82. The Labute approximate surface area is 65.6 Å². The van der Waals surface area contributed by atoms with E-state index in [2.05, 4.69) is 0 Å². The zero-order chi connectivity index (χ0) is 8.43. The second-order valence-corrected chi connectivity index (χ2v) is 2.74. The predicted molar refractivity (Wildman–Crippen MR) is 40.2 cm³/mol. The number of primary amides is 1. The molecule has 0 fully saturated rings. The molecule has 62 valence electrons. The Kier molecular flexibility index (Phi) is 2.03. The van der Waals surface area contributed by atoms with Crippen LogP contribution in [-0.2, 0) is 9.53 Å². The van der Waals surface area contributed by atoms with E-state index in [9.17, 15) is 4.79 Å². The molecule has 4 nitrogen and oxygen atoms in total. The molecule has 0 aromatic heterocycles. The van der Waals surface area contributed by atoms with Crippen LogP contribution in [0.5, 0.6) is 0 Å². The van der Waals surface area contributed by atoms with Gasteiger partial charge in [0.25, 0.3) is 5.91 Å². The molecule has 1 rings (SSSR count). The number of carbonyl (C=O) groups excluding carboxylic acids is 1. The summed E-state index contributed by atoms with van der Waals surface area (Å²) in [7, 11) is 0. The van der Waals surface area contributed by atoms with Gasteiger partial charge in [-0.15, -0.1) is 0 Å². The maximum absolute atomic E-state index is 10.6. The molecule has 1 amide bonds. The van der Waals surface area contributed by atoms with Gasteiger partial charge in [-0.3, -0.25) is 4.79 Å². The zero-order valence-electron chi connectivity index (χ0n) is 6.70. The first-order valence-electron chi connectivity index (χ1n) is 3.51. The Morgan fingerprint density at radius 2 is 2.45 bits per heavy atom.